The van der Waals surface area contributed by atoms with Crippen LogP contribution in [0.5, 0.6) is 0 Å². The van der Waals surface area contributed by atoms with Crippen molar-refractivity contribution >= 4 is 12.6 Å². The molecule has 1 aromatic rings. The molecule has 0 bridgehead atoms. The Hall–Kier alpha value is -1.31. The highest BCUT2D eigenvalue weighted by molar-refractivity contribution is 6.58. The van der Waals surface area contributed by atoms with Gasteiger partial charge in [0.1, 0.15) is 5.69 Å². The van der Waals surface area contributed by atoms with Crippen LogP contribution in [-0.4, -0.2) is 22.2 Å². The Kier molecular flexibility index (Phi) is 2.26. The van der Waals surface area contributed by atoms with E-state index in [-0.39, 0.29) is 0 Å². The molecule has 0 aliphatic heterocycles. The van der Waals surface area contributed by atoms with E-state index >= 15 is 0 Å². The van der Waals surface area contributed by atoms with Crippen molar-refractivity contribution in [2.24, 2.45) is 0 Å². The lowest BCUT2D eigenvalue weighted by molar-refractivity contribution is 0.425. The van der Waals surface area contributed by atoms with Gasteiger partial charge in [-0.05, 0) is 17.6 Å². The van der Waals surface area contributed by atoms with E-state index in [1.165, 1.54) is 18.3 Å². The van der Waals surface area contributed by atoms with Gasteiger partial charge in [0.25, 0.3) is 0 Å². The lowest BCUT2D eigenvalue weighted by Gasteiger charge is -1.97. The summed E-state index contributed by atoms with van der Waals surface area (Å²) in [7, 11) is -1.48. The van der Waals surface area contributed by atoms with E-state index in [1.54, 1.807) is 0 Å². The first-order chi connectivity index (χ1) is 5.24. The monoisotopic (exact) mass is 147 g/mol. The van der Waals surface area contributed by atoms with Gasteiger partial charge < -0.3 is 10.0 Å². The van der Waals surface area contributed by atoms with E-state index in [1.807, 2.05) is 0 Å². The molecule has 0 saturated carbocycles. The maximum Gasteiger partial charge on any atom is 0.488 e. The summed E-state index contributed by atoms with van der Waals surface area (Å²) >= 11 is 0. The fourth-order valence-electron chi connectivity index (χ4n) is 0.686. The van der Waals surface area contributed by atoms with Crippen LogP contribution in [0.25, 0.3) is 0 Å². The first-order valence-corrected chi connectivity index (χ1v) is 3.02. The Morgan fingerprint density at radius 1 is 1.55 bits per heavy atom. The summed E-state index contributed by atoms with van der Waals surface area (Å²) in [5.74, 6) is 2.29. The highest BCUT2D eigenvalue weighted by Crippen LogP contribution is 1.87. The van der Waals surface area contributed by atoms with Gasteiger partial charge in [-0.15, -0.1) is 6.42 Å². The number of nitrogens with zero attached hydrogens (tertiary/aromatic N) is 1. The summed E-state index contributed by atoms with van der Waals surface area (Å²) in [6, 6.07) is 2.94. The average molecular weight is 147 g/mol. The standard InChI is InChI=1S/C7H6BNO2/c1-2-7-5-6(8(10)11)3-4-9-7/h1,3-5,10-11H. The molecular formula is C7H6BNO2. The zero-order valence-corrected chi connectivity index (χ0v) is 5.73. The van der Waals surface area contributed by atoms with Crippen molar-refractivity contribution in [2.45, 2.75) is 0 Å². The topological polar surface area (TPSA) is 53.4 Å². The number of hydrogen-bond donors (Lipinski definition) is 2. The molecule has 11 heavy (non-hydrogen) atoms. The molecule has 1 aromatic heterocycles. The summed E-state index contributed by atoms with van der Waals surface area (Å²) < 4.78 is 0. The van der Waals surface area contributed by atoms with Crippen molar-refractivity contribution < 1.29 is 10.0 Å². The molecule has 0 atom stereocenters. The maximum atomic E-state index is 8.70. The molecule has 0 aliphatic rings. The van der Waals surface area contributed by atoms with Crippen molar-refractivity contribution in [3.05, 3.63) is 24.0 Å². The zero-order chi connectivity index (χ0) is 8.27. The Labute approximate surface area is 64.9 Å². The van der Waals surface area contributed by atoms with Gasteiger partial charge in [0.05, 0.1) is 0 Å². The van der Waals surface area contributed by atoms with Gasteiger partial charge in [-0.1, -0.05) is 5.92 Å². The summed E-state index contributed by atoms with van der Waals surface area (Å²) in [4.78, 5) is 3.78. The van der Waals surface area contributed by atoms with Crippen molar-refractivity contribution in [3.8, 4) is 12.3 Å². The molecule has 1 heterocycles. The molecule has 3 nitrogen and oxygen atoms in total. The van der Waals surface area contributed by atoms with Crippen LogP contribution in [-0.2, 0) is 0 Å². The molecule has 0 saturated heterocycles. The molecular weight excluding hydrogens is 141 g/mol. The van der Waals surface area contributed by atoms with Crippen LogP contribution in [0.3, 0.4) is 0 Å². The number of pyridine rings is 1. The first-order valence-electron chi connectivity index (χ1n) is 3.02. The minimum Gasteiger partial charge on any atom is -0.423 e. The number of rotatable bonds is 1. The molecule has 1 rings (SSSR count). The lowest BCUT2D eigenvalue weighted by Crippen LogP contribution is -2.29. The van der Waals surface area contributed by atoms with Gasteiger partial charge in [0.2, 0.25) is 0 Å². The molecule has 0 aliphatic carbocycles. The smallest absolute Gasteiger partial charge is 0.423 e. The third-order valence-corrected chi connectivity index (χ3v) is 1.23. The Bertz CT molecular complexity index is 293. The van der Waals surface area contributed by atoms with Crippen molar-refractivity contribution in [2.75, 3.05) is 0 Å². The van der Waals surface area contributed by atoms with Crippen molar-refractivity contribution in [1.82, 2.24) is 4.98 Å². The SMILES string of the molecule is C#Cc1cc(B(O)O)ccn1. The van der Waals surface area contributed by atoms with Crippen LogP contribution in [0.15, 0.2) is 18.3 Å². The van der Waals surface area contributed by atoms with E-state index in [0.29, 0.717) is 11.2 Å². The Morgan fingerprint density at radius 2 is 2.27 bits per heavy atom. The van der Waals surface area contributed by atoms with Gasteiger partial charge in [-0.2, -0.15) is 0 Å². The largest absolute Gasteiger partial charge is 0.488 e. The van der Waals surface area contributed by atoms with Crippen LogP contribution in [0, 0.1) is 12.3 Å². The predicted molar refractivity (Wildman–Crippen MR) is 42.0 cm³/mol. The van der Waals surface area contributed by atoms with Gasteiger partial charge >= 0.3 is 7.12 Å². The van der Waals surface area contributed by atoms with Gasteiger partial charge in [-0.25, -0.2) is 4.98 Å². The summed E-state index contributed by atoms with van der Waals surface area (Å²) in [6.45, 7) is 0. The minimum absolute atomic E-state index is 0.355. The molecule has 0 unspecified atom stereocenters. The second kappa shape index (κ2) is 3.19. The molecule has 0 aromatic carbocycles. The number of terminal acetylenes is 1. The molecule has 0 amide bonds. The highest BCUT2D eigenvalue weighted by atomic mass is 16.4. The minimum atomic E-state index is -1.48. The third-order valence-electron chi connectivity index (χ3n) is 1.23. The van der Waals surface area contributed by atoms with Crippen molar-refractivity contribution in [1.29, 1.82) is 0 Å². The Morgan fingerprint density at radius 3 is 2.82 bits per heavy atom. The van der Waals surface area contributed by atoms with Crippen LogP contribution in [0.4, 0.5) is 0 Å². The number of aromatic nitrogens is 1. The second-order valence-electron chi connectivity index (χ2n) is 1.99. The van der Waals surface area contributed by atoms with E-state index < -0.39 is 7.12 Å². The number of hydrogen-bond acceptors (Lipinski definition) is 3. The zero-order valence-electron chi connectivity index (χ0n) is 5.73. The normalized spacial score (nSPS) is 8.82. The first kappa shape index (κ1) is 7.80. The lowest BCUT2D eigenvalue weighted by atomic mass is 9.81. The van der Waals surface area contributed by atoms with Crippen molar-refractivity contribution in [3.63, 3.8) is 0 Å². The molecule has 0 radical (unpaired) electrons. The second-order valence-corrected chi connectivity index (χ2v) is 1.99. The third kappa shape index (κ3) is 1.80. The van der Waals surface area contributed by atoms with E-state index in [4.69, 9.17) is 16.5 Å². The van der Waals surface area contributed by atoms with Crippen LogP contribution >= 0.6 is 0 Å². The summed E-state index contributed by atoms with van der Waals surface area (Å²) in [5, 5.41) is 17.4. The van der Waals surface area contributed by atoms with Crippen LogP contribution < -0.4 is 5.46 Å². The quantitative estimate of drug-likeness (QED) is 0.385. The molecule has 4 heteroatoms. The van der Waals surface area contributed by atoms with Gasteiger partial charge in [0, 0.05) is 6.20 Å². The summed E-state index contributed by atoms with van der Waals surface area (Å²) in [6.07, 6.45) is 6.48. The van der Waals surface area contributed by atoms with E-state index in [0.717, 1.165) is 0 Å². The highest BCUT2D eigenvalue weighted by Gasteiger charge is 2.10. The predicted octanol–water partition coefficient (Wildman–Crippen LogP) is -1.26. The van der Waals surface area contributed by atoms with Gasteiger partial charge in [-0.3, -0.25) is 0 Å². The Balaban J connectivity index is 3.03. The van der Waals surface area contributed by atoms with Gasteiger partial charge in [0.15, 0.2) is 0 Å². The van der Waals surface area contributed by atoms with Crippen LogP contribution in [0.1, 0.15) is 5.69 Å². The average Bonchev–Trinajstić information content (AvgIpc) is 2.05. The van der Waals surface area contributed by atoms with Crippen LogP contribution in [0.2, 0.25) is 0 Å². The molecule has 0 fully saturated rings. The van der Waals surface area contributed by atoms with E-state index in [9.17, 15) is 0 Å². The maximum absolute atomic E-state index is 8.70. The fraction of sp³-hybridized carbons (Fsp3) is 0. The fourth-order valence-corrected chi connectivity index (χ4v) is 0.686. The molecule has 0 spiro atoms. The van der Waals surface area contributed by atoms with E-state index in [2.05, 4.69) is 10.9 Å². The molecule has 54 valence electrons. The summed E-state index contributed by atoms with van der Waals surface area (Å²) in [5.41, 5.74) is 0.753. The molecule has 2 N–H and O–H groups in total.